The Labute approximate surface area is 141 Å². The Morgan fingerprint density at radius 1 is 1.00 bits per heavy atom. The van der Waals surface area contributed by atoms with Gasteiger partial charge in [-0.05, 0) is 42.7 Å². The molecule has 1 heterocycles. The summed E-state index contributed by atoms with van der Waals surface area (Å²) < 4.78 is 10.8. The third-order valence-corrected chi connectivity index (χ3v) is 3.56. The minimum atomic E-state index is -0.277. The van der Waals surface area contributed by atoms with Crippen molar-refractivity contribution in [2.75, 3.05) is 11.9 Å². The first kappa shape index (κ1) is 15.9. The van der Waals surface area contributed by atoms with Crippen molar-refractivity contribution in [3.8, 4) is 5.75 Å². The van der Waals surface area contributed by atoms with E-state index in [4.69, 9.17) is 9.15 Å². The van der Waals surface area contributed by atoms with Gasteiger partial charge in [0.15, 0.2) is 5.76 Å². The Balaban J connectivity index is 1.49. The minimum Gasteiger partial charge on any atom is -0.494 e. The molecule has 0 saturated heterocycles. The summed E-state index contributed by atoms with van der Waals surface area (Å²) in [6, 6.07) is 21.0. The lowest BCUT2D eigenvalue weighted by Gasteiger charge is -2.09. The van der Waals surface area contributed by atoms with Gasteiger partial charge in [-0.15, -0.1) is 0 Å². The summed E-state index contributed by atoms with van der Waals surface area (Å²) in [5.74, 6) is 0.741. The van der Waals surface area contributed by atoms with Crippen molar-refractivity contribution in [3.05, 3.63) is 84.3 Å². The van der Waals surface area contributed by atoms with Gasteiger partial charge in [-0.1, -0.05) is 36.4 Å². The Morgan fingerprint density at radius 2 is 1.88 bits per heavy atom. The quantitative estimate of drug-likeness (QED) is 0.650. The zero-order chi connectivity index (χ0) is 16.6. The molecule has 0 spiro atoms. The van der Waals surface area contributed by atoms with E-state index in [0.29, 0.717) is 12.3 Å². The summed E-state index contributed by atoms with van der Waals surface area (Å²) >= 11 is 0. The van der Waals surface area contributed by atoms with Crippen molar-refractivity contribution in [3.63, 3.8) is 0 Å². The molecule has 1 aromatic heterocycles. The fraction of sp³-hybridized carbons (Fsp3) is 0.150. The molecule has 0 atom stereocenters. The van der Waals surface area contributed by atoms with Crippen LogP contribution < -0.4 is 10.1 Å². The van der Waals surface area contributed by atoms with Crippen molar-refractivity contribution in [2.45, 2.75) is 12.8 Å². The third-order valence-electron chi connectivity index (χ3n) is 3.56. The van der Waals surface area contributed by atoms with Crippen molar-refractivity contribution < 1.29 is 13.9 Å². The number of hydrogen-bond acceptors (Lipinski definition) is 3. The normalized spacial score (nSPS) is 10.3. The molecule has 0 unspecified atom stereocenters. The van der Waals surface area contributed by atoms with E-state index in [0.717, 1.165) is 18.6 Å². The molecule has 2 aromatic carbocycles. The molecular weight excluding hydrogens is 302 g/mol. The number of nitrogens with one attached hydrogen (secondary N) is 1. The number of carbonyl (C=O) groups excluding carboxylic acids is 1. The molecule has 4 nitrogen and oxygen atoms in total. The Hall–Kier alpha value is -3.01. The monoisotopic (exact) mass is 321 g/mol. The molecule has 4 heteroatoms. The molecule has 0 aliphatic carbocycles. The van der Waals surface area contributed by atoms with Gasteiger partial charge in [0.25, 0.3) is 5.91 Å². The molecule has 1 N–H and O–H groups in total. The van der Waals surface area contributed by atoms with Gasteiger partial charge in [-0.3, -0.25) is 4.79 Å². The Morgan fingerprint density at radius 3 is 2.67 bits per heavy atom. The molecule has 0 saturated carbocycles. The van der Waals surface area contributed by atoms with Crippen LogP contribution >= 0.6 is 0 Å². The van der Waals surface area contributed by atoms with Crippen LogP contribution in [0.15, 0.2) is 77.4 Å². The van der Waals surface area contributed by atoms with Gasteiger partial charge in [0, 0.05) is 11.8 Å². The molecule has 3 rings (SSSR count). The molecule has 122 valence electrons. The zero-order valence-electron chi connectivity index (χ0n) is 13.3. The second-order valence-electron chi connectivity index (χ2n) is 5.40. The van der Waals surface area contributed by atoms with Gasteiger partial charge in [-0.25, -0.2) is 0 Å². The van der Waals surface area contributed by atoms with E-state index >= 15 is 0 Å². The number of carbonyl (C=O) groups is 1. The van der Waals surface area contributed by atoms with Crippen LogP contribution in [0.25, 0.3) is 0 Å². The lowest BCUT2D eigenvalue weighted by Crippen LogP contribution is -2.10. The van der Waals surface area contributed by atoms with Gasteiger partial charge < -0.3 is 14.5 Å². The van der Waals surface area contributed by atoms with Gasteiger partial charge in [0.1, 0.15) is 5.75 Å². The number of furan rings is 1. The maximum atomic E-state index is 12.0. The van der Waals surface area contributed by atoms with E-state index in [-0.39, 0.29) is 11.7 Å². The molecule has 0 aliphatic heterocycles. The van der Waals surface area contributed by atoms with Crippen LogP contribution in [0.2, 0.25) is 0 Å². The predicted octanol–water partition coefficient (Wildman–Crippen LogP) is 4.54. The number of amides is 1. The lowest BCUT2D eigenvalue weighted by molar-refractivity contribution is 0.0996. The van der Waals surface area contributed by atoms with E-state index in [2.05, 4.69) is 17.4 Å². The van der Waals surface area contributed by atoms with Crippen LogP contribution in [0.5, 0.6) is 5.75 Å². The number of aryl methyl sites for hydroxylation is 1. The van der Waals surface area contributed by atoms with Crippen molar-refractivity contribution in [2.24, 2.45) is 0 Å². The number of anilines is 1. The highest BCUT2D eigenvalue weighted by Crippen LogP contribution is 2.18. The van der Waals surface area contributed by atoms with Crippen molar-refractivity contribution in [1.82, 2.24) is 0 Å². The highest BCUT2D eigenvalue weighted by molar-refractivity contribution is 6.02. The first-order valence-electron chi connectivity index (χ1n) is 7.93. The SMILES string of the molecule is O=C(Nc1cccc(OCCCc2ccccc2)c1)c1ccco1. The van der Waals surface area contributed by atoms with Crippen LogP contribution in [0.1, 0.15) is 22.5 Å². The first-order valence-corrected chi connectivity index (χ1v) is 7.93. The third kappa shape index (κ3) is 4.49. The topological polar surface area (TPSA) is 51.5 Å². The highest BCUT2D eigenvalue weighted by Gasteiger charge is 2.08. The standard InChI is InChI=1S/C20H19NO3/c22-20(19-12-6-14-24-19)21-17-10-4-11-18(15-17)23-13-5-9-16-7-2-1-3-8-16/h1-4,6-8,10-12,14-15H,5,9,13H2,(H,21,22). The van der Waals surface area contributed by atoms with Crippen LogP contribution in [0.3, 0.4) is 0 Å². The summed E-state index contributed by atoms with van der Waals surface area (Å²) in [6.45, 7) is 0.629. The number of ether oxygens (including phenoxy) is 1. The van der Waals surface area contributed by atoms with E-state index in [9.17, 15) is 4.79 Å². The number of benzene rings is 2. The molecular formula is C20H19NO3. The van der Waals surface area contributed by atoms with Crippen LogP contribution in [-0.2, 0) is 6.42 Å². The molecule has 1 amide bonds. The van der Waals surface area contributed by atoms with Crippen LogP contribution in [-0.4, -0.2) is 12.5 Å². The summed E-state index contributed by atoms with van der Waals surface area (Å²) in [7, 11) is 0. The first-order chi connectivity index (χ1) is 11.8. The molecule has 0 bridgehead atoms. The zero-order valence-corrected chi connectivity index (χ0v) is 13.3. The van der Waals surface area contributed by atoms with E-state index < -0.39 is 0 Å². The summed E-state index contributed by atoms with van der Waals surface area (Å²) in [4.78, 5) is 12.0. The van der Waals surface area contributed by atoms with Gasteiger partial charge in [-0.2, -0.15) is 0 Å². The maximum absolute atomic E-state index is 12.0. The van der Waals surface area contributed by atoms with E-state index in [1.54, 1.807) is 12.1 Å². The lowest BCUT2D eigenvalue weighted by atomic mass is 10.1. The maximum Gasteiger partial charge on any atom is 0.291 e. The van der Waals surface area contributed by atoms with Crippen molar-refractivity contribution >= 4 is 11.6 Å². The van der Waals surface area contributed by atoms with E-state index in [1.807, 2.05) is 42.5 Å². The molecule has 0 aliphatic rings. The fourth-order valence-corrected chi connectivity index (χ4v) is 2.38. The minimum absolute atomic E-state index is 0.277. The molecule has 24 heavy (non-hydrogen) atoms. The predicted molar refractivity (Wildman–Crippen MR) is 93.4 cm³/mol. The van der Waals surface area contributed by atoms with Crippen LogP contribution in [0, 0.1) is 0 Å². The highest BCUT2D eigenvalue weighted by atomic mass is 16.5. The number of hydrogen-bond donors (Lipinski definition) is 1. The molecule has 0 fully saturated rings. The summed E-state index contributed by atoms with van der Waals surface area (Å²) in [6.07, 6.45) is 3.39. The average Bonchev–Trinajstić information content (AvgIpc) is 3.15. The average molecular weight is 321 g/mol. The Kier molecular flexibility index (Phi) is 5.30. The van der Waals surface area contributed by atoms with Crippen molar-refractivity contribution in [1.29, 1.82) is 0 Å². The number of rotatable bonds is 7. The van der Waals surface area contributed by atoms with Crippen LogP contribution in [0.4, 0.5) is 5.69 Å². The van der Waals surface area contributed by atoms with Gasteiger partial charge in [0.05, 0.1) is 12.9 Å². The smallest absolute Gasteiger partial charge is 0.291 e. The second-order valence-corrected chi connectivity index (χ2v) is 5.40. The Bertz CT molecular complexity index is 767. The largest absolute Gasteiger partial charge is 0.494 e. The van der Waals surface area contributed by atoms with E-state index in [1.165, 1.54) is 11.8 Å². The second kappa shape index (κ2) is 8.02. The summed E-state index contributed by atoms with van der Waals surface area (Å²) in [5, 5.41) is 2.79. The van der Waals surface area contributed by atoms with Gasteiger partial charge in [0.2, 0.25) is 0 Å². The van der Waals surface area contributed by atoms with Gasteiger partial charge >= 0.3 is 0 Å². The summed E-state index contributed by atoms with van der Waals surface area (Å²) in [5.41, 5.74) is 1.98. The molecule has 3 aromatic rings. The fourth-order valence-electron chi connectivity index (χ4n) is 2.38. The molecule has 0 radical (unpaired) electrons.